The van der Waals surface area contributed by atoms with E-state index < -0.39 is 0 Å². The normalized spacial score (nSPS) is 16.9. The predicted molar refractivity (Wildman–Crippen MR) is 215 cm³/mol. The van der Waals surface area contributed by atoms with Crippen LogP contribution in [0.5, 0.6) is 17.2 Å². The largest absolute Gasteiger partial charge is 0.493 e. The molecule has 55 heavy (non-hydrogen) atoms. The SMILES string of the molecule is COc1cc(CNC2CCN(CCn3c(=O)cnc4ccc(C)cc43)CC2)cc2c1OCCO2.Cc1ccc2ncc(=O)n(CCN3CCC(N)CC3)c2c1. The zero-order valence-electron chi connectivity index (χ0n) is 32.3. The van der Waals surface area contributed by atoms with Crippen LogP contribution in [0.4, 0.5) is 0 Å². The van der Waals surface area contributed by atoms with Crippen molar-refractivity contribution in [1.82, 2.24) is 34.2 Å². The first-order valence-corrected chi connectivity index (χ1v) is 19.6. The average Bonchev–Trinajstić information content (AvgIpc) is 3.20. The molecule has 292 valence electrons. The zero-order valence-corrected chi connectivity index (χ0v) is 32.3. The molecule has 2 fully saturated rings. The van der Waals surface area contributed by atoms with Gasteiger partial charge in [-0.1, -0.05) is 12.1 Å². The molecular weight excluding hydrogens is 697 g/mol. The van der Waals surface area contributed by atoms with Gasteiger partial charge in [-0.05, 0) is 119 Å². The Morgan fingerprint density at radius 3 is 1.85 bits per heavy atom. The van der Waals surface area contributed by atoms with E-state index in [0.717, 1.165) is 122 Å². The van der Waals surface area contributed by atoms with Crippen molar-refractivity contribution in [2.75, 3.05) is 59.6 Å². The van der Waals surface area contributed by atoms with Crippen molar-refractivity contribution in [1.29, 1.82) is 0 Å². The van der Waals surface area contributed by atoms with Gasteiger partial charge < -0.3 is 44.2 Å². The fourth-order valence-electron chi connectivity index (χ4n) is 7.72. The van der Waals surface area contributed by atoms with Gasteiger partial charge in [0.05, 0.1) is 41.6 Å². The maximum atomic E-state index is 12.5. The van der Waals surface area contributed by atoms with Gasteiger partial charge in [0.15, 0.2) is 11.5 Å². The number of aryl methyl sites for hydroxylation is 2. The minimum atomic E-state index is -0.0375. The van der Waals surface area contributed by atoms with Crippen LogP contribution in [0.25, 0.3) is 22.1 Å². The summed E-state index contributed by atoms with van der Waals surface area (Å²) in [6, 6.07) is 17.0. The van der Waals surface area contributed by atoms with Crippen molar-refractivity contribution in [3.63, 3.8) is 0 Å². The van der Waals surface area contributed by atoms with Crippen LogP contribution in [0.3, 0.4) is 0 Å². The van der Waals surface area contributed by atoms with E-state index in [4.69, 9.17) is 19.9 Å². The highest BCUT2D eigenvalue weighted by molar-refractivity contribution is 5.76. The third-order valence-electron chi connectivity index (χ3n) is 11.0. The van der Waals surface area contributed by atoms with Gasteiger partial charge in [-0.2, -0.15) is 0 Å². The van der Waals surface area contributed by atoms with Crippen LogP contribution in [-0.4, -0.2) is 101 Å². The second-order valence-corrected chi connectivity index (χ2v) is 15.0. The first-order chi connectivity index (χ1) is 26.7. The Morgan fingerprint density at radius 1 is 0.745 bits per heavy atom. The Bertz CT molecular complexity index is 2190. The van der Waals surface area contributed by atoms with E-state index >= 15 is 0 Å². The molecule has 13 heteroatoms. The molecule has 5 heterocycles. The summed E-state index contributed by atoms with van der Waals surface area (Å²) in [5.41, 5.74) is 12.9. The van der Waals surface area contributed by atoms with Gasteiger partial charge in [-0.3, -0.25) is 9.59 Å². The Morgan fingerprint density at radius 2 is 1.29 bits per heavy atom. The molecule has 5 aromatic rings. The number of nitrogens with zero attached hydrogens (tertiary/aromatic N) is 6. The van der Waals surface area contributed by atoms with Crippen LogP contribution < -0.4 is 36.4 Å². The van der Waals surface area contributed by atoms with Gasteiger partial charge in [0.25, 0.3) is 11.1 Å². The summed E-state index contributed by atoms with van der Waals surface area (Å²) in [5.74, 6) is 2.17. The molecule has 3 aliphatic heterocycles. The van der Waals surface area contributed by atoms with Gasteiger partial charge in [-0.15, -0.1) is 0 Å². The lowest BCUT2D eigenvalue weighted by Crippen LogP contribution is -2.43. The van der Waals surface area contributed by atoms with Gasteiger partial charge in [0, 0.05) is 44.8 Å². The van der Waals surface area contributed by atoms with Crippen LogP contribution >= 0.6 is 0 Å². The minimum Gasteiger partial charge on any atom is -0.493 e. The number of fused-ring (bicyclic) bond motifs is 3. The molecule has 3 aromatic carbocycles. The van der Waals surface area contributed by atoms with E-state index in [0.29, 0.717) is 44.1 Å². The number of methoxy groups -OCH3 is 1. The molecule has 0 unspecified atom stereocenters. The van der Waals surface area contributed by atoms with Crippen molar-refractivity contribution in [2.45, 2.75) is 71.2 Å². The Hall–Kier alpha value is -4.82. The quantitative estimate of drug-likeness (QED) is 0.215. The molecule has 0 atom stereocenters. The number of hydrogen-bond donors (Lipinski definition) is 2. The maximum absolute atomic E-state index is 12.5. The molecule has 13 nitrogen and oxygen atoms in total. The molecule has 3 aliphatic rings. The molecule has 0 saturated carbocycles. The Kier molecular flexibility index (Phi) is 12.4. The minimum absolute atomic E-state index is 0.0261. The van der Waals surface area contributed by atoms with Gasteiger partial charge in [-0.25, -0.2) is 9.97 Å². The van der Waals surface area contributed by atoms with Crippen molar-refractivity contribution >= 4 is 22.1 Å². The number of hydrogen-bond acceptors (Lipinski definition) is 11. The predicted octanol–water partition coefficient (Wildman–Crippen LogP) is 3.87. The Labute approximate surface area is 322 Å². The fraction of sp³-hybridized carbons (Fsp3) is 0.476. The van der Waals surface area contributed by atoms with Crippen molar-refractivity contribution in [2.24, 2.45) is 5.73 Å². The van der Waals surface area contributed by atoms with E-state index in [1.54, 1.807) is 7.11 Å². The number of piperidine rings is 2. The smallest absolute Gasteiger partial charge is 0.269 e. The molecular formula is C42H54N8O5. The first-order valence-electron chi connectivity index (χ1n) is 19.6. The highest BCUT2D eigenvalue weighted by atomic mass is 16.6. The molecule has 0 aliphatic carbocycles. The van der Waals surface area contributed by atoms with Crippen molar-refractivity contribution in [3.05, 3.63) is 98.3 Å². The third-order valence-corrected chi connectivity index (χ3v) is 11.0. The maximum Gasteiger partial charge on any atom is 0.269 e. The number of benzene rings is 3. The van der Waals surface area contributed by atoms with E-state index in [1.807, 2.05) is 71.5 Å². The second-order valence-electron chi connectivity index (χ2n) is 15.0. The molecule has 8 rings (SSSR count). The van der Waals surface area contributed by atoms with Crippen LogP contribution in [0.15, 0.2) is 70.5 Å². The lowest BCUT2D eigenvalue weighted by molar-refractivity contribution is 0.164. The summed E-state index contributed by atoms with van der Waals surface area (Å²) >= 11 is 0. The number of aromatic nitrogens is 4. The van der Waals surface area contributed by atoms with Crippen LogP contribution in [0, 0.1) is 13.8 Å². The van der Waals surface area contributed by atoms with E-state index in [1.165, 1.54) is 12.4 Å². The number of nitrogens with one attached hydrogen (secondary N) is 1. The van der Waals surface area contributed by atoms with E-state index in [-0.39, 0.29) is 11.1 Å². The average molecular weight is 751 g/mol. The number of rotatable bonds is 10. The summed E-state index contributed by atoms with van der Waals surface area (Å²) in [5, 5.41) is 3.69. The molecule has 0 amide bonds. The lowest BCUT2D eigenvalue weighted by atomic mass is 10.0. The van der Waals surface area contributed by atoms with Crippen molar-refractivity contribution < 1.29 is 14.2 Å². The highest BCUT2D eigenvalue weighted by Gasteiger charge is 2.22. The fourth-order valence-corrected chi connectivity index (χ4v) is 7.72. The Balaban J connectivity index is 0.000000190. The number of ether oxygens (including phenoxy) is 3. The monoisotopic (exact) mass is 750 g/mol. The van der Waals surface area contributed by atoms with Crippen LogP contribution in [0.2, 0.25) is 0 Å². The molecule has 2 aromatic heterocycles. The molecule has 0 radical (unpaired) electrons. The van der Waals surface area contributed by atoms with Gasteiger partial charge in [0.1, 0.15) is 13.2 Å². The van der Waals surface area contributed by atoms with E-state index in [2.05, 4.69) is 25.1 Å². The molecule has 3 N–H and O–H groups in total. The zero-order chi connectivity index (χ0) is 38.3. The summed E-state index contributed by atoms with van der Waals surface area (Å²) in [7, 11) is 1.66. The second kappa shape index (κ2) is 17.8. The number of likely N-dealkylation sites (tertiary alicyclic amines) is 2. The van der Waals surface area contributed by atoms with Crippen molar-refractivity contribution in [3.8, 4) is 17.2 Å². The van der Waals surface area contributed by atoms with Crippen LogP contribution in [-0.2, 0) is 19.6 Å². The topological polar surface area (TPSA) is 142 Å². The summed E-state index contributed by atoms with van der Waals surface area (Å²) < 4.78 is 20.6. The molecule has 0 bridgehead atoms. The standard InChI is InChI=1S/C26H32N4O4.C16H22N4O/c1-18-3-4-21-22(13-18)30(25(31)17-28-21)10-9-29-7-5-20(6-8-29)27-16-19-14-23(32-2)26-24(15-19)33-11-12-34-26;1-12-2-3-14-15(10-12)20(16(21)11-18-14)9-8-19-6-4-13(17)5-7-19/h3-4,13-15,17,20,27H,5-12,16H2,1-2H3;2-3,10-11,13H,4-9,17H2,1H3. The van der Waals surface area contributed by atoms with E-state index in [9.17, 15) is 9.59 Å². The summed E-state index contributed by atoms with van der Waals surface area (Å²) in [4.78, 5) is 37.9. The van der Waals surface area contributed by atoms with Gasteiger partial charge in [0.2, 0.25) is 5.75 Å². The molecule has 2 saturated heterocycles. The number of nitrogens with two attached hydrogens (primary N) is 1. The first kappa shape index (κ1) is 38.5. The third kappa shape index (κ3) is 9.53. The lowest BCUT2D eigenvalue weighted by Gasteiger charge is -2.32. The summed E-state index contributed by atoms with van der Waals surface area (Å²) in [6.45, 7) is 13.2. The van der Waals surface area contributed by atoms with Gasteiger partial charge >= 0.3 is 0 Å². The highest BCUT2D eigenvalue weighted by Crippen LogP contribution is 2.40. The summed E-state index contributed by atoms with van der Waals surface area (Å²) in [6.07, 6.45) is 7.10. The van der Waals surface area contributed by atoms with Crippen LogP contribution in [0.1, 0.15) is 42.4 Å². The molecule has 0 spiro atoms.